The minimum atomic E-state index is -0.606. The average Bonchev–Trinajstić information content (AvgIpc) is 2.44. The van der Waals surface area contributed by atoms with Crippen molar-refractivity contribution < 1.29 is 19.8 Å². The first kappa shape index (κ1) is 14.1. The number of likely N-dealkylation sites (N-methyl/N-ethyl adjacent to an activating group) is 1. The van der Waals surface area contributed by atoms with Gasteiger partial charge in [-0.1, -0.05) is 0 Å². The average molecular weight is 279 g/mol. The predicted octanol–water partition coefficient (Wildman–Crippen LogP) is -0.742. The molecule has 7 heteroatoms. The Morgan fingerprint density at radius 3 is 2.55 bits per heavy atom. The second-order valence-electron chi connectivity index (χ2n) is 4.57. The summed E-state index contributed by atoms with van der Waals surface area (Å²) in [5.74, 6) is -1.04. The highest BCUT2D eigenvalue weighted by Gasteiger charge is 2.32. The predicted molar refractivity (Wildman–Crippen MR) is 71.5 cm³/mol. The molecule has 2 rings (SSSR count). The number of phenolic OH excluding ortho intramolecular Hbond substituents is 2. The van der Waals surface area contributed by atoms with Crippen LogP contribution in [0.3, 0.4) is 0 Å². The van der Waals surface area contributed by atoms with Crippen LogP contribution in [-0.2, 0) is 4.79 Å². The first-order valence-electron chi connectivity index (χ1n) is 6.29. The summed E-state index contributed by atoms with van der Waals surface area (Å²) in [5, 5.41) is 24.5. The Kier molecular flexibility index (Phi) is 4.09. The molecular weight excluding hydrogens is 262 g/mol. The molecule has 0 aliphatic carbocycles. The van der Waals surface area contributed by atoms with Gasteiger partial charge in [-0.2, -0.15) is 0 Å². The van der Waals surface area contributed by atoms with Crippen molar-refractivity contribution in [3.8, 4) is 11.5 Å². The van der Waals surface area contributed by atoms with Gasteiger partial charge in [-0.3, -0.25) is 9.59 Å². The van der Waals surface area contributed by atoms with Crippen molar-refractivity contribution in [3.63, 3.8) is 0 Å². The number of benzene rings is 1. The zero-order chi connectivity index (χ0) is 14.7. The lowest BCUT2D eigenvalue weighted by atomic mass is 10.1. The zero-order valence-electron chi connectivity index (χ0n) is 11.1. The lowest BCUT2D eigenvalue weighted by Gasteiger charge is -2.35. The van der Waals surface area contributed by atoms with Gasteiger partial charge in [-0.15, -0.1) is 0 Å². The van der Waals surface area contributed by atoms with Crippen molar-refractivity contribution in [1.29, 1.82) is 0 Å². The number of phenols is 2. The molecule has 1 aliphatic rings. The second kappa shape index (κ2) is 5.79. The van der Waals surface area contributed by atoms with E-state index in [4.69, 9.17) is 0 Å². The van der Waals surface area contributed by atoms with Crippen LogP contribution in [0.25, 0.3) is 0 Å². The maximum absolute atomic E-state index is 12.4. The maximum atomic E-state index is 12.4. The molecule has 0 spiro atoms. The van der Waals surface area contributed by atoms with Gasteiger partial charge in [0.1, 0.15) is 17.5 Å². The Balaban J connectivity index is 2.27. The molecule has 2 amide bonds. The first-order valence-corrected chi connectivity index (χ1v) is 6.29. The topological polar surface area (TPSA) is 102 Å². The van der Waals surface area contributed by atoms with Crippen LogP contribution in [-0.4, -0.2) is 59.7 Å². The number of carbonyl (C=O) groups excluding carboxylic acids is 2. The van der Waals surface area contributed by atoms with Gasteiger partial charge in [-0.05, 0) is 12.1 Å². The number of rotatable bonds is 2. The standard InChI is InChI=1S/C13H17N3O4/c1-14-12(19)11-7-15-2-3-16(11)13(20)8-4-9(17)6-10(18)5-8/h4-6,11,15,17-18H,2-3,7H2,1H3,(H,14,19). The highest BCUT2D eigenvalue weighted by Crippen LogP contribution is 2.22. The Morgan fingerprint density at radius 1 is 1.30 bits per heavy atom. The number of piperazine rings is 1. The Bertz CT molecular complexity index is 512. The van der Waals surface area contributed by atoms with Gasteiger partial charge in [0.05, 0.1) is 0 Å². The van der Waals surface area contributed by atoms with Crippen molar-refractivity contribution >= 4 is 11.8 Å². The molecule has 108 valence electrons. The summed E-state index contributed by atoms with van der Waals surface area (Å²) in [6, 6.07) is 3.08. The monoisotopic (exact) mass is 279 g/mol. The van der Waals surface area contributed by atoms with E-state index in [1.165, 1.54) is 24.1 Å². The lowest BCUT2D eigenvalue weighted by Crippen LogP contribution is -2.59. The van der Waals surface area contributed by atoms with E-state index in [1.54, 1.807) is 0 Å². The summed E-state index contributed by atoms with van der Waals surface area (Å²) in [4.78, 5) is 25.7. The number of nitrogens with one attached hydrogen (secondary N) is 2. The molecule has 1 saturated heterocycles. The van der Waals surface area contributed by atoms with Crippen molar-refractivity contribution in [1.82, 2.24) is 15.5 Å². The molecule has 1 fully saturated rings. The molecule has 7 nitrogen and oxygen atoms in total. The first-order chi connectivity index (χ1) is 9.52. The summed E-state index contributed by atoms with van der Waals surface area (Å²) in [5.41, 5.74) is 0.151. The van der Waals surface area contributed by atoms with Gasteiger partial charge >= 0.3 is 0 Å². The molecule has 0 aromatic heterocycles. The number of hydrogen-bond donors (Lipinski definition) is 4. The van der Waals surface area contributed by atoms with E-state index in [2.05, 4.69) is 10.6 Å². The van der Waals surface area contributed by atoms with Crippen LogP contribution in [0.1, 0.15) is 10.4 Å². The van der Waals surface area contributed by atoms with Gasteiger partial charge in [0.2, 0.25) is 5.91 Å². The van der Waals surface area contributed by atoms with Gasteiger partial charge < -0.3 is 25.7 Å². The van der Waals surface area contributed by atoms with Crippen LogP contribution in [0.4, 0.5) is 0 Å². The lowest BCUT2D eigenvalue weighted by molar-refractivity contribution is -0.125. The van der Waals surface area contributed by atoms with Gasteiger partial charge in [0.25, 0.3) is 5.91 Å². The summed E-state index contributed by atoms with van der Waals surface area (Å²) < 4.78 is 0. The van der Waals surface area contributed by atoms with E-state index < -0.39 is 11.9 Å². The van der Waals surface area contributed by atoms with Gasteiger partial charge in [-0.25, -0.2) is 0 Å². The van der Waals surface area contributed by atoms with Crippen LogP contribution < -0.4 is 10.6 Å². The van der Waals surface area contributed by atoms with E-state index in [0.717, 1.165) is 6.07 Å². The zero-order valence-corrected chi connectivity index (χ0v) is 11.1. The molecule has 0 bridgehead atoms. The van der Waals surface area contributed by atoms with Gasteiger partial charge in [0.15, 0.2) is 0 Å². The molecule has 1 aliphatic heterocycles. The van der Waals surface area contributed by atoms with E-state index in [-0.39, 0.29) is 23.0 Å². The van der Waals surface area contributed by atoms with E-state index >= 15 is 0 Å². The van der Waals surface area contributed by atoms with Crippen molar-refractivity contribution in [3.05, 3.63) is 23.8 Å². The van der Waals surface area contributed by atoms with E-state index in [1.807, 2.05) is 0 Å². The summed E-state index contributed by atoms with van der Waals surface area (Å²) in [6.45, 7) is 1.34. The van der Waals surface area contributed by atoms with E-state index in [0.29, 0.717) is 19.6 Å². The fourth-order valence-corrected chi connectivity index (χ4v) is 2.23. The fraction of sp³-hybridized carbons (Fsp3) is 0.385. The fourth-order valence-electron chi connectivity index (χ4n) is 2.23. The van der Waals surface area contributed by atoms with Crippen LogP contribution in [0, 0.1) is 0 Å². The summed E-state index contributed by atoms with van der Waals surface area (Å²) >= 11 is 0. The molecule has 0 radical (unpaired) electrons. The third-order valence-corrected chi connectivity index (χ3v) is 3.20. The van der Waals surface area contributed by atoms with E-state index in [9.17, 15) is 19.8 Å². The molecule has 0 saturated carbocycles. The molecular formula is C13H17N3O4. The summed E-state index contributed by atoms with van der Waals surface area (Å²) in [6.07, 6.45) is 0. The largest absolute Gasteiger partial charge is 0.508 e. The molecule has 1 unspecified atom stereocenters. The SMILES string of the molecule is CNC(=O)C1CNCCN1C(=O)c1cc(O)cc(O)c1. The van der Waals surface area contributed by atoms with Crippen molar-refractivity contribution in [2.24, 2.45) is 0 Å². The molecule has 1 aromatic carbocycles. The van der Waals surface area contributed by atoms with Crippen LogP contribution in [0.5, 0.6) is 11.5 Å². The second-order valence-corrected chi connectivity index (χ2v) is 4.57. The van der Waals surface area contributed by atoms with Crippen LogP contribution >= 0.6 is 0 Å². The Hall–Kier alpha value is -2.28. The quantitative estimate of drug-likeness (QED) is 0.571. The molecule has 4 N–H and O–H groups in total. The minimum Gasteiger partial charge on any atom is -0.508 e. The molecule has 1 aromatic rings. The normalized spacial score (nSPS) is 18.6. The Labute approximate surface area is 116 Å². The summed E-state index contributed by atoms with van der Waals surface area (Å²) in [7, 11) is 1.51. The van der Waals surface area contributed by atoms with Crippen molar-refractivity contribution in [2.75, 3.05) is 26.7 Å². The highest BCUT2D eigenvalue weighted by molar-refractivity contribution is 5.98. The number of hydrogen-bond acceptors (Lipinski definition) is 5. The third-order valence-electron chi connectivity index (χ3n) is 3.20. The Morgan fingerprint density at radius 2 is 1.95 bits per heavy atom. The minimum absolute atomic E-state index is 0.151. The highest BCUT2D eigenvalue weighted by atomic mass is 16.3. The van der Waals surface area contributed by atoms with Crippen LogP contribution in [0.2, 0.25) is 0 Å². The van der Waals surface area contributed by atoms with Crippen molar-refractivity contribution in [2.45, 2.75) is 6.04 Å². The van der Waals surface area contributed by atoms with Crippen LogP contribution in [0.15, 0.2) is 18.2 Å². The number of aromatic hydroxyl groups is 2. The number of nitrogens with zero attached hydrogens (tertiary/aromatic N) is 1. The number of amides is 2. The molecule has 1 atom stereocenters. The van der Waals surface area contributed by atoms with Gasteiger partial charge in [0, 0.05) is 38.3 Å². The molecule has 1 heterocycles. The smallest absolute Gasteiger partial charge is 0.254 e. The number of carbonyl (C=O) groups is 2. The maximum Gasteiger partial charge on any atom is 0.254 e. The third kappa shape index (κ3) is 2.83. The molecule has 20 heavy (non-hydrogen) atoms.